The van der Waals surface area contributed by atoms with Crippen molar-refractivity contribution in [2.45, 2.75) is 18.7 Å². The van der Waals surface area contributed by atoms with Crippen molar-refractivity contribution in [3.8, 4) is 5.75 Å². The molecule has 0 radical (unpaired) electrons. The summed E-state index contributed by atoms with van der Waals surface area (Å²) >= 11 is 15.8. The summed E-state index contributed by atoms with van der Waals surface area (Å²) in [6.45, 7) is 0. The van der Waals surface area contributed by atoms with Gasteiger partial charge in [0.25, 0.3) is 0 Å². The second kappa shape index (κ2) is 7.11. The lowest BCUT2D eigenvalue weighted by Crippen LogP contribution is -2.33. The summed E-state index contributed by atoms with van der Waals surface area (Å²) in [4.78, 5) is 0. The van der Waals surface area contributed by atoms with Crippen molar-refractivity contribution >= 4 is 44.8 Å². The van der Waals surface area contributed by atoms with Crippen LogP contribution in [-0.4, -0.2) is 10.7 Å². The van der Waals surface area contributed by atoms with Gasteiger partial charge in [-0.15, -0.1) is 0 Å². The number of ether oxygens (including phenoxy) is 1. The molecule has 3 aromatic carbocycles. The van der Waals surface area contributed by atoms with Crippen LogP contribution in [0.4, 0.5) is 0 Å². The molecule has 5 rings (SSSR count). The standard InChI is InChI=1S/C22H15BrCl2N2O/c23-15-5-1-14(2-6-15)22-27-20(18-11-17(25)9-10-21(18)28-22)12-19(26-27)13-3-7-16(24)8-4-13/h1-11,20,22H,12H2/t20-,22-/m0/s1. The van der Waals surface area contributed by atoms with E-state index in [4.69, 9.17) is 33.0 Å². The van der Waals surface area contributed by atoms with Crippen LogP contribution in [0.25, 0.3) is 0 Å². The van der Waals surface area contributed by atoms with Gasteiger partial charge in [-0.05, 0) is 48.0 Å². The van der Waals surface area contributed by atoms with E-state index in [1.807, 2.05) is 59.6 Å². The number of hydrogen-bond donors (Lipinski definition) is 0. The zero-order valence-electron chi connectivity index (χ0n) is 14.6. The Labute approximate surface area is 181 Å². The van der Waals surface area contributed by atoms with Crippen LogP contribution in [0.3, 0.4) is 0 Å². The van der Waals surface area contributed by atoms with E-state index in [1.54, 1.807) is 0 Å². The van der Waals surface area contributed by atoms with Crippen molar-refractivity contribution in [3.05, 3.63) is 97.9 Å². The van der Waals surface area contributed by atoms with Crippen LogP contribution in [-0.2, 0) is 0 Å². The summed E-state index contributed by atoms with van der Waals surface area (Å²) in [6, 6.07) is 21.8. The second-order valence-electron chi connectivity index (χ2n) is 6.86. The Balaban J connectivity index is 1.59. The molecular formula is C22H15BrCl2N2O. The van der Waals surface area contributed by atoms with Crippen LogP contribution >= 0.6 is 39.1 Å². The average molecular weight is 474 g/mol. The molecule has 0 aromatic heterocycles. The van der Waals surface area contributed by atoms with Crippen molar-refractivity contribution in [1.82, 2.24) is 5.01 Å². The molecule has 0 amide bonds. The highest BCUT2D eigenvalue weighted by Crippen LogP contribution is 2.48. The zero-order valence-corrected chi connectivity index (χ0v) is 17.7. The highest BCUT2D eigenvalue weighted by Gasteiger charge is 2.41. The first-order chi connectivity index (χ1) is 13.6. The van der Waals surface area contributed by atoms with Crippen LogP contribution in [0.5, 0.6) is 5.75 Å². The van der Waals surface area contributed by atoms with Crippen molar-refractivity contribution in [2.24, 2.45) is 5.10 Å². The molecule has 2 aliphatic heterocycles. The van der Waals surface area contributed by atoms with Crippen LogP contribution in [0.1, 0.15) is 35.4 Å². The molecule has 0 spiro atoms. The Morgan fingerprint density at radius 2 is 1.64 bits per heavy atom. The smallest absolute Gasteiger partial charge is 0.213 e. The molecule has 0 saturated heterocycles. The van der Waals surface area contributed by atoms with Crippen molar-refractivity contribution in [2.75, 3.05) is 0 Å². The van der Waals surface area contributed by atoms with E-state index in [2.05, 4.69) is 28.1 Å². The zero-order chi connectivity index (χ0) is 19.3. The summed E-state index contributed by atoms with van der Waals surface area (Å²) < 4.78 is 7.38. The van der Waals surface area contributed by atoms with Gasteiger partial charge in [-0.3, -0.25) is 0 Å². The predicted octanol–water partition coefficient (Wildman–Crippen LogP) is 7.00. The van der Waals surface area contributed by atoms with E-state index in [0.29, 0.717) is 10.0 Å². The molecule has 3 aromatic rings. The summed E-state index contributed by atoms with van der Waals surface area (Å²) in [7, 11) is 0. The lowest BCUT2D eigenvalue weighted by molar-refractivity contribution is -0.0190. The molecule has 0 aliphatic carbocycles. The summed E-state index contributed by atoms with van der Waals surface area (Å²) in [6.07, 6.45) is 0.488. The molecule has 0 fully saturated rings. The van der Waals surface area contributed by atoms with Crippen LogP contribution in [0.2, 0.25) is 10.0 Å². The van der Waals surface area contributed by atoms with E-state index in [-0.39, 0.29) is 12.3 Å². The van der Waals surface area contributed by atoms with Crippen LogP contribution in [0.15, 0.2) is 76.3 Å². The third-order valence-electron chi connectivity index (χ3n) is 5.08. The first-order valence-corrected chi connectivity index (χ1v) is 10.5. The molecule has 2 atom stereocenters. The predicted molar refractivity (Wildman–Crippen MR) is 116 cm³/mol. The van der Waals surface area contributed by atoms with Crippen molar-refractivity contribution < 1.29 is 4.74 Å². The molecule has 140 valence electrons. The largest absolute Gasteiger partial charge is 0.464 e. The number of benzene rings is 3. The van der Waals surface area contributed by atoms with Gasteiger partial charge in [0.2, 0.25) is 6.23 Å². The van der Waals surface area contributed by atoms with E-state index < -0.39 is 0 Å². The fourth-order valence-electron chi connectivity index (χ4n) is 3.72. The molecule has 2 heterocycles. The minimum absolute atomic E-state index is 0.0711. The normalized spacial score (nSPS) is 20.2. The van der Waals surface area contributed by atoms with E-state index in [1.165, 1.54) is 0 Å². The molecule has 0 saturated carbocycles. The number of nitrogens with zero attached hydrogens (tertiary/aromatic N) is 2. The molecule has 3 nitrogen and oxygen atoms in total. The quantitative estimate of drug-likeness (QED) is 0.400. The molecule has 28 heavy (non-hydrogen) atoms. The third-order valence-corrected chi connectivity index (χ3v) is 6.10. The molecule has 0 unspecified atom stereocenters. The average Bonchev–Trinajstić information content (AvgIpc) is 3.14. The summed E-state index contributed by atoms with van der Waals surface area (Å²) in [5, 5.41) is 8.41. The Morgan fingerprint density at radius 3 is 2.39 bits per heavy atom. The minimum Gasteiger partial charge on any atom is -0.464 e. The molecule has 2 aliphatic rings. The molecular weight excluding hydrogens is 459 g/mol. The first-order valence-electron chi connectivity index (χ1n) is 8.92. The highest BCUT2D eigenvalue weighted by molar-refractivity contribution is 9.10. The van der Waals surface area contributed by atoms with Gasteiger partial charge in [0, 0.05) is 32.1 Å². The van der Waals surface area contributed by atoms with E-state index in [0.717, 1.165) is 39.0 Å². The summed E-state index contributed by atoms with van der Waals surface area (Å²) in [5.74, 6) is 0.853. The Morgan fingerprint density at radius 1 is 0.929 bits per heavy atom. The fourth-order valence-corrected chi connectivity index (χ4v) is 4.29. The second-order valence-corrected chi connectivity index (χ2v) is 8.65. The number of fused-ring (bicyclic) bond motifs is 3. The van der Waals surface area contributed by atoms with Gasteiger partial charge >= 0.3 is 0 Å². The van der Waals surface area contributed by atoms with Crippen LogP contribution < -0.4 is 4.74 Å². The SMILES string of the molecule is Clc1ccc(C2=NN3[C@@H](C2)c2cc(Cl)ccc2O[C@H]3c2ccc(Br)cc2)cc1. The van der Waals surface area contributed by atoms with Gasteiger partial charge in [0.1, 0.15) is 5.75 Å². The number of hydrogen-bond acceptors (Lipinski definition) is 3. The third kappa shape index (κ3) is 3.20. The Bertz CT molecular complexity index is 1070. The van der Waals surface area contributed by atoms with Gasteiger partial charge in [0.05, 0.1) is 11.8 Å². The Hall–Kier alpha value is -2.01. The lowest BCUT2D eigenvalue weighted by atomic mass is 9.96. The topological polar surface area (TPSA) is 24.8 Å². The van der Waals surface area contributed by atoms with Gasteiger partial charge in [-0.25, -0.2) is 5.01 Å². The lowest BCUT2D eigenvalue weighted by Gasteiger charge is -2.38. The van der Waals surface area contributed by atoms with Gasteiger partial charge in [-0.1, -0.05) is 63.4 Å². The monoisotopic (exact) mass is 472 g/mol. The minimum atomic E-state index is -0.295. The van der Waals surface area contributed by atoms with E-state index in [9.17, 15) is 0 Å². The number of halogens is 3. The van der Waals surface area contributed by atoms with Gasteiger partial charge in [0.15, 0.2) is 0 Å². The number of hydrazone groups is 1. The van der Waals surface area contributed by atoms with E-state index >= 15 is 0 Å². The van der Waals surface area contributed by atoms with Gasteiger partial charge in [-0.2, -0.15) is 5.10 Å². The maximum Gasteiger partial charge on any atom is 0.213 e. The van der Waals surface area contributed by atoms with Crippen molar-refractivity contribution in [1.29, 1.82) is 0 Å². The highest BCUT2D eigenvalue weighted by atomic mass is 79.9. The maximum absolute atomic E-state index is 6.35. The molecule has 6 heteroatoms. The van der Waals surface area contributed by atoms with Crippen LogP contribution in [0, 0.1) is 0 Å². The van der Waals surface area contributed by atoms with Gasteiger partial charge < -0.3 is 4.74 Å². The maximum atomic E-state index is 6.35. The first kappa shape index (κ1) is 18.0. The summed E-state index contributed by atoms with van der Waals surface area (Å²) in [5.41, 5.74) is 4.20. The molecule has 0 N–H and O–H groups in total. The Kier molecular flexibility index (Phi) is 4.58. The van der Waals surface area contributed by atoms with Crippen molar-refractivity contribution in [3.63, 3.8) is 0 Å². The molecule has 0 bridgehead atoms. The number of rotatable bonds is 2. The fraction of sp³-hybridized carbons (Fsp3) is 0.136.